The maximum absolute atomic E-state index is 11.7. The van der Waals surface area contributed by atoms with Crippen molar-refractivity contribution < 1.29 is 9.53 Å². The number of halogens is 1. The van der Waals surface area contributed by atoms with Crippen molar-refractivity contribution in [3.63, 3.8) is 0 Å². The first-order valence-corrected chi connectivity index (χ1v) is 7.55. The summed E-state index contributed by atoms with van der Waals surface area (Å²) < 4.78 is 5.13. The van der Waals surface area contributed by atoms with Crippen molar-refractivity contribution in [2.45, 2.75) is 12.8 Å². The van der Waals surface area contributed by atoms with Gasteiger partial charge in [-0.05, 0) is 55.3 Å². The first-order chi connectivity index (χ1) is 10.7. The van der Waals surface area contributed by atoms with E-state index in [4.69, 9.17) is 16.3 Å². The Balaban J connectivity index is 1.65. The van der Waals surface area contributed by atoms with Crippen LogP contribution in [0.15, 0.2) is 42.5 Å². The monoisotopic (exact) mass is 316 g/mol. The molecule has 22 heavy (non-hydrogen) atoms. The Morgan fingerprint density at radius 3 is 2.32 bits per heavy atom. The third-order valence-corrected chi connectivity index (χ3v) is 3.84. The number of hydrogen-bond acceptors (Lipinski definition) is 3. The lowest BCUT2D eigenvalue weighted by atomic mass is 10.2. The minimum Gasteiger partial charge on any atom is -0.495 e. The summed E-state index contributed by atoms with van der Waals surface area (Å²) in [6.07, 6.45) is 2.01. The fraction of sp³-hybridized carbons (Fsp3) is 0.235. The number of amides is 1. The van der Waals surface area contributed by atoms with E-state index in [1.165, 1.54) is 0 Å². The third-order valence-electron chi connectivity index (χ3n) is 3.54. The predicted octanol–water partition coefficient (Wildman–Crippen LogP) is 4.44. The van der Waals surface area contributed by atoms with Gasteiger partial charge in [-0.1, -0.05) is 11.6 Å². The summed E-state index contributed by atoms with van der Waals surface area (Å²) in [7, 11) is 1.59. The van der Waals surface area contributed by atoms with Crippen LogP contribution in [-0.4, -0.2) is 13.0 Å². The van der Waals surface area contributed by atoms with Gasteiger partial charge >= 0.3 is 0 Å². The first-order valence-electron chi connectivity index (χ1n) is 7.17. The zero-order chi connectivity index (χ0) is 15.5. The van der Waals surface area contributed by atoms with Gasteiger partial charge in [-0.3, -0.25) is 4.79 Å². The summed E-state index contributed by atoms with van der Waals surface area (Å²) in [5.74, 6) is 0.965. The van der Waals surface area contributed by atoms with Crippen LogP contribution in [-0.2, 0) is 4.79 Å². The van der Waals surface area contributed by atoms with Gasteiger partial charge in [0.05, 0.1) is 12.1 Å². The number of carbonyl (C=O) groups excluding carboxylic acids is 1. The fourth-order valence-electron chi connectivity index (χ4n) is 2.14. The van der Waals surface area contributed by atoms with Crippen molar-refractivity contribution >= 4 is 34.6 Å². The molecule has 114 valence electrons. The number of methoxy groups -OCH3 is 1. The summed E-state index contributed by atoms with van der Waals surface area (Å²) in [6, 6.07) is 13.1. The minimum atomic E-state index is 0.114. The molecule has 1 amide bonds. The summed E-state index contributed by atoms with van der Waals surface area (Å²) in [4.78, 5) is 11.7. The Labute approximate surface area is 134 Å². The molecular formula is C17H17ClN2O2. The topological polar surface area (TPSA) is 50.4 Å². The quantitative estimate of drug-likeness (QED) is 0.857. The van der Waals surface area contributed by atoms with E-state index >= 15 is 0 Å². The van der Waals surface area contributed by atoms with Gasteiger partial charge in [0.25, 0.3) is 0 Å². The van der Waals surface area contributed by atoms with Crippen molar-refractivity contribution in [3.8, 4) is 5.75 Å². The SMILES string of the molecule is COc1ccc(Nc2ccc(NC(=O)C3CC3)cc2)cc1Cl. The van der Waals surface area contributed by atoms with Crippen molar-refractivity contribution in [1.29, 1.82) is 0 Å². The highest BCUT2D eigenvalue weighted by Crippen LogP contribution is 2.31. The van der Waals surface area contributed by atoms with Gasteiger partial charge in [0, 0.05) is 23.0 Å². The van der Waals surface area contributed by atoms with Crippen LogP contribution in [0.2, 0.25) is 5.02 Å². The standard InChI is InChI=1S/C17H17ClN2O2/c1-22-16-9-8-14(10-15(16)18)19-12-4-6-13(7-5-12)20-17(21)11-2-3-11/h4-11,19H,2-3H2,1H3,(H,20,21). The Hall–Kier alpha value is -2.20. The number of ether oxygens (including phenoxy) is 1. The van der Waals surface area contributed by atoms with Crippen LogP contribution >= 0.6 is 11.6 Å². The molecule has 2 aromatic carbocycles. The number of hydrogen-bond donors (Lipinski definition) is 2. The molecule has 2 aromatic rings. The molecule has 0 saturated heterocycles. The van der Waals surface area contributed by atoms with Crippen LogP contribution < -0.4 is 15.4 Å². The molecule has 3 rings (SSSR count). The van der Waals surface area contributed by atoms with Crippen LogP contribution in [0.1, 0.15) is 12.8 Å². The van der Waals surface area contributed by atoms with Gasteiger partial charge in [-0.25, -0.2) is 0 Å². The summed E-state index contributed by atoms with van der Waals surface area (Å²) in [5, 5.41) is 6.73. The van der Waals surface area contributed by atoms with Gasteiger partial charge in [-0.2, -0.15) is 0 Å². The molecule has 1 aliphatic carbocycles. The van der Waals surface area contributed by atoms with E-state index in [9.17, 15) is 4.79 Å². The second kappa shape index (κ2) is 6.28. The molecule has 1 fully saturated rings. The fourth-order valence-corrected chi connectivity index (χ4v) is 2.40. The number of carbonyl (C=O) groups is 1. The van der Waals surface area contributed by atoms with E-state index in [0.29, 0.717) is 10.8 Å². The van der Waals surface area contributed by atoms with E-state index in [0.717, 1.165) is 29.9 Å². The summed E-state index contributed by atoms with van der Waals surface area (Å²) >= 11 is 6.10. The Bertz CT molecular complexity index is 682. The maximum atomic E-state index is 11.7. The second-order valence-electron chi connectivity index (χ2n) is 5.32. The number of benzene rings is 2. The van der Waals surface area contributed by atoms with Gasteiger partial charge in [0.1, 0.15) is 5.75 Å². The van der Waals surface area contributed by atoms with E-state index in [1.54, 1.807) is 7.11 Å². The molecule has 0 atom stereocenters. The van der Waals surface area contributed by atoms with E-state index in [2.05, 4.69) is 10.6 Å². The average molecular weight is 317 g/mol. The van der Waals surface area contributed by atoms with Crippen LogP contribution in [0.4, 0.5) is 17.1 Å². The lowest BCUT2D eigenvalue weighted by molar-refractivity contribution is -0.117. The zero-order valence-electron chi connectivity index (χ0n) is 12.2. The molecule has 0 aromatic heterocycles. The Morgan fingerprint density at radius 1 is 1.09 bits per heavy atom. The van der Waals surface area contributed by atoms with E-state index in [1.807, 2.05) is 42.5 Å². The highest BCUT2D eigenvalue weighted by molar-refractivity contribution is 6.32. The molecule has 0 heterocycles. The van der Waals surface area contributed by atoms with Crippen molar-refractivity contribution in [2.24, 2.45) is 5.92 Å². The normalized spacial score (nSPS) is 13.5. The number of anilines is 3. The zero-order valence-corrected chi connectivity index (χ0v) is 13.0. The molecule has 0 bridgehead atoms. The van der Waals surface area contributed by atoms with Gasteiger partial charge in [-0.15, -0.1) is 0 Å². The molecule has 0 aliphatic heterocycles. The van der Waals surface area contributed by atoms with Crippen LogP contribution in [0, 0.1) is 5.92 Å². The van der Waals surface area contributed by atoms with Gasteiger partial charge in [0.2, 0.25) is 5.91 Å². The number of rotatable bonds is 5. The average Bonchev–Trinajstić information content (AvgIpc) is 3.34. The minimum absolute atomic E-state index is 0.114. The van der Waals surface area contributed by atoms with Gasteiger partial charge in [0.15, 0.2) is 0 Å². The van der Waals surface area contributed by atoms with E-state index in [-0.39, 0.29) is 11.8 Å². The van der Waals surface area contributed by atoms with Gasteiger partial charge < -0.3 is 15.4 Å². The smallest absolute Gasteiger partial charge is 0.227 e. The van der Waals surface area contributed by atoms with Crippen LogP contribution in [0.25, 0.3) is 0 Å². The lowest BCUT2D eigenvalue weighted by Gasteiger charge is -2.10. The predicted molar refractivity (Wildman–Crippen MR) is 89.1 cm³/mol. The molecular weight excluding hydrogens is 300 g/mol. The molecule has 1 saturated carbocycles. The molecule has 5 heteroatoms. The molecule has 0 spiro atoms. The van der Waals surface area contributed by atoms with E-state index < -0.39 is 0 Å². The molecule has 4 nitrogen and oxygen atoms in total. The number of nitrogens with one attached hydrogen (secondary N) is 2. The third kappa shape index (κ3) is 3.52. The van der Waals surface area contributed by atoms with Crippen molar-refractivity contribution in [2.75, 3.05) is 17.7 Å². The van der Waals surface area contributed by atoms with Crippen molar-refractivity contribution in [1.82, 2.24) is 0 Å². The summed E-state index contributed by atoms with van der Waals surface area (Å²) in [6.45, 7) is 0. The van der Waals surface area contributed by atoms with Crippen LogP contribution in [0.3, 0.4) is 0 Å². The highest BCUT2D eigenvalue weighted by atomic mass is 35.5. The summed E-state index contributed by atoms with van der Waals surface area (Å²) in [5.41, 5.74) is 2.61. The highest BCUT2D eigenvalue weighted by Gasteiger charge is 2.29. The lowest BCUT2D eigenvalue weighted by Crippen LogP contribution is -2.13. The molecule has 1 aliphatic rings. The molecule has 2 N–H and O–H groups in total. The first kappa shape index (κ1) is 14.7. The molecule has 0 unspecified atom stereocenters. The maximum Gasteiger partial charge on any atom is 0.227 e. The largest absolute Gasteiger partial charge is 0.495 e. The van der Waals surface area contributed by atoms with Crippen molar-refractivity contribution in [3.05, 3.63) is 47.5 Å². The second-order valence-corrected chi connectivity index (χ2v) is 5.72. The Morgan fingerprint density at radius 2 is 1.73 bits per heavy atom. The van der Waals surface area contributed by atoms with Crippen LogP contribution in [0.5, 0.6) is 5.75 Å². The Kier molecular flexibility index (Phi) is 4.20. The molecule has 0 radical (unpaired) electrons.